The second-order valence-corrected chi connectivity index (χ2v) is 6.79. The van der Waals surface area contributed by atoms with Gasteiger partial charge in [-0.25, -0.2) is 0 Å². The number of unbranched alkanes of at least 4 members (excludes halogenated alkanes) is 3. The number of hydrogen-bond donors (Lipinski definition) is 1. The quantitative estimate of drug-likeness (QED) is 0.705. The molecular weight excluding hydrogens is 300 g/mol. The molecule has 1 amide bonds. The molecule has 0 saturated carbocycles. The van der Waals surface area contributed by atoms with Crippen molar-refractivity contribution in [3.63, 3.8) is 0 Å². The van der Waals surface area contributed by atoms with Gasteiger partial charge < -0.3 is 15.4 Å². The van der Waals surface area contributed by atoms with E-state index in [1.54, 1.807) is 7.11 Å². The number of piperidine rings is 1. The number of hydrogen-bond acceptors (Lipinski definition) is 3. The Morgan fingerprint density at radius 2 is 1.88 bits per heavy atom. The van der Waals surface area contributed by atoms with Gasteiger partial charge in [-0.1, -0.05) is 31.0 Å². The fourth-order valence-electron chi connectivity index (χ4n) is 3.50. The summed E-state index contributed by atoms with van der Waals surface area (Å²) in [6.45, 7) is 2.57. The van der Waals surface area contributed by atoms with Gasteiger partial charge in [0.05, 0.1) is 7.11 Å². The van der Waals surface area contributed by atoms with E-state index in [4.69, 9.17) is 10.5 Å². The van der Waals surface area contributed by atoms with E-state index < -0.39 is 0 Å². The molecule has 134 valence electrons. The van der Waals surface area contributed by atoms with Gasteiger partial charge in [-0.05, 0) is 56.2 Å². The molecule has 1 aromatic rings. The number of rotatable bonds is 9. The molecule has 0 aromatic heterocycles. The minimum Gasteiger partial charge on any atom is -0.496 e. The van der Waals surface area contributed by atoms with E-state index in [1.807, 2.05) is 12.1 Å². The zero-order valence-electron chi connectivity index (χ0n) is 15.0. The van der Waals surface area contributed by atoms with Crippen LogP contribution in [0.1, 0.15) is 50.5 Å². The summed E-state index contributed by atoms with van der Waals surface area (Å²) in [6.07, 6.45) is 8.27. The topological polar surface area (TPSA) is 55.6 Å². The number of methoxy groups -OCH3 is 1. The van der Waals surface area contributed by atoms with Gasteiger partial charge in [0.2, 0.25) is 5.91 Å². The highest BCUT2D eigenvalue weighted by molar-refractivity contribution is 5.76. The van der Waals surface area contributed by atoms with Gasteiger partial charge in [-0.3, -0.25) is 4.79 Å². The third-order valence-corrected chi connectivity index (χ3v) is 5.01. The zero-order chi connectivity index (χ0) is 17.2. The van der Waals surface area contributed by atoms with Gasteiger partial charge in [0.25, 0.3) is 0 Å². The normalized spacial score (nSPS) is 15.5. The molecule has 1 aromatic carbocycles. The molecule has 1 saturated heterocycles. The minimum atomic E-state index is 0.332. The second-order valence-electron chi connectivity index (χ2n) is 6.79. The lowest BCUT2D eigenvalue weighted by Gasteiger charge is -2.32. The van der Waals surface area contributed by atoms with Crippen LogP contribution in [0.4, 0.5) is 0 Å². The Morgan fingerprint density at radius 3 is 2.58 bits per heavy atom. The first kappa shape index (κ1) is 18.8. The van der Waals surface area contributed by atoms with Gasteiger partial charge in [0.1, 0.15) is 5.75 Å². The summed E-state index contributed by atoms with van der Waals surface area (Å²) < 4.78 is 5.45. The summed E-state index contributed by atoms with van der Waals surface area (Å²) >= 11 is 0. The van der Waals surface area contributed by atoms with E-state index in [1.165, 1.54) is 5.56 Å². The molecule has 1 heterocycles. The van der Waals surface area contributed by atoms with Crippen LogP contribution in [-0.4, -0.2) is 37.6 Å². The van der Waals surface area contributed by atoms with Crippen molar-refractivity contribution < 1.29 is 9.53 Å². The molecule has 0 spiro atoms. The van der Waals surface area contributed by atoms with Crippen molar-refractivity contribution in [3.8, 4) is 5.75 Å². The number of nitrogens with zero attached hydrogens (tertiary/aromatic N) is 1. The molecule has 0 bridgehead atoms. The average Bonchev–Trinajstić information content (AvgIpc) is 2.62. The van der Waals surface area contributed by atoms with Crippen LogP contribution in [0.25, 0.3) is 0 Å². The van der Waals surface area contributed by atoms with Crippen molar-refractivity contribution >= 4 is 5.91 Å². The number of nitrogens with two attached hydrogens (primary N) is 1. The lowest BCUT2D eigenvalue weighted by atomic mass is 9.89. The fraction of sp³-hybridized carbons (Fsp3) is 0.650. The number of likely N-dealkylation sites (tertiary alicyclic amines) is 1. The molecule has 4 nitrogen and oxygen atoms in total. The maximum Gasteiger partial charge on any atom is 0.222 e. The Morgan fingerprint density at radius 1 is 1.17 bits per heavy atom. The molecule has 24 heavy (non-hydrogen) atoms. The van der Waals surface area contributed by atoms with Crippen LogP contribution >= 0.6 is 0 Å². The molecule has 2 N–H and O–H groups in total. The molecule has 1 fully saturated rings. The maximum atomic E-state index is 12.3. The fourth-order valence-corrected chi connectivity index (χ4v) is 3.50. The van der Waals surface area contributed by atoms with Crippen molar-refractivity contribution in [1.82, 2.24) is 4.90 Å². The highest BCUT2D eigenvalue weighted by Gasteiger charge is 2.23. The predicted octanol–water partition coefficient (Wildman–Crippen LogP) is 3.39. The highest BCUT2D eigenvalue weighted by Crippen LogP contribution is 2.27. The Labute approximate surface area is 146 Å². The van der Waals surface area contributed by atoms with E-state index in [0.29, 0.717) is 18.2 Å². The number of ether oxygens (including phenoxy) is 1. The first-order chi connectivity index (χ1) is 11.7. The van der Waals surface area contributed by atoms with Crippen LogP contribution in [0.15, 0.2) is 24.3 Å². The molecule has 1 aliphatic rings. The standard InChI is InChI=1S/C20H32N2O2/c1-24-19-9-6-5-8-18(19)16-17-11-14-22(15-12-17)20(23)10-4-2-3-7-13-21/h5-6,8-9,17H,2-4,7,10-16,21H2,1H3. The summed E-state index contributed by atoms with van der Waals surface area (Å²) in [5.74, 6) is 1.96. The number of carbonyl (C=O) groups is 1. The van der Waals surface area contributed by atoms with E-state index in [2.05, 4.69) is 17.0 Å². The largest absolute Gasteiger partial charge is 0.496 e. The first-order valence-electron chi connectivity index (χ1n) is 9.34. The molecule has 0 aliphatic carbocycles. The summed E-state index contributed by atoms with van der Waals surface area (Å²) in [5, 5.41) is 0. The van der Waals surface area contributed by atoms with Crippen molar-refractivity contribution in [2.45, 2.75) is 51.4 Å². The van der Waals surface area contributed by atoms with Gasteiger partial charge in [0.15, 0.2) is 0 Å². The summed E-state index contributed by atoms with van der Waals surface area (Å²) in [4.78, 5) is 14.3. The molecule has 0 radical (unpaired) electrons. The average molecular weight is 332 g/mol. The number of amides is 1. The first-order valence-corrected chi connectivity index (χ1v) is 9.34. The molecule has 1 aliphatic heterocycles. The lowest BCUT2D eigenvalue weighted by Crippen LogP contribution is -2.38. The van der Waals surface area contributed by atoms with Crippen LogP contribution in [0.3, 0.4) is 0 Å². The van der Waals surface area contributed by atoms with E-state index in [0.717, 1.165) is 70.3 Å². The molecule has 0 atom stereocenters. The Kier molecular flexibility index (Phi) is 8.10. The Bertz CT molecular complexity index is 496. The van der Waals surface area contributed by atoms with Crippen LogP contribution in [0, 0.1) is 5.92 Å². The number of benzene rings is 1. The summed E-state index contributed by atoms with van der Waals surface area (Å²) in [6, 6.07) is 8.26. The Balaban J connectivity index is 1.70. The van der Waals surface area contributed by atoms with Crippen molar-refractivity contribution in [2.75, 3.05) is 26.7 Å². The third-order valence-electron chi connectivity index (χ3n) is 5.01. The van der Waals surface area contributed by atoms with Crippen molar-refractivity contribution in [1.29, 1.82) is 0 Å². The highest BCUT2D eigenvalue weighted by atomic mass is 16.5. The van der Waals surface area contributed by atoms with Crippen LogP contribution in [0.5, 0.6) is 5.75 Å². The van der Waals surface area contributed by atoms with Crippen LogP contribution in [-0.2, 0) is 11.2 Å². The van der Waals surface area contributed by atoms with Gasteiger partial charge in [-0.2, -0.15) is 0 Å². The lowest BCUT2D eigenvalue weighted by molar-refractivity contribution is -0.132. The predicted molar refractivity (Wildman–Crippen MR) is 98.1 cm³/mol. The molecule has 0 unspecified atom stereocenters. The zero-order valence-corrected chi connectivity index (χ0v) is 15.0. The molecule has 4 heteroatoms. The van der Waals surface area contributed by atoms with E-state index in [-0.39, 0.29) is 0 Å². The smallest absolute Gasteiger partial charge is 0.222 e. The Hall–Kier alpha value is -1.55. The van der Waals surface area contributed by atoms with E-state index >= 15 is 0 Å². The van der Waals surface area contributed by atoms with Gasteiger partial charge in [-0.15, -0.1) is 0 Å². The van der Waals surface area contributed by atoms with Crippen LogP contribution in [0.2, 0.25) is 0 Å². The third kappa shape index (κ3) is 5.82. The maximum absolute atomic E-state index is 12.3. The number of carbonyl (C=O) groups excluding carboxylic acids is 1. The van der Waals surface area contributed by atoms with Gasteiger partial charge >= 0.3 is 0 Å². The molecular formula is C20H32N2O2. The van der Waals surface area contributed by atoms with E-state index in [9.17, 15) is 4.79 Å². The van der Waals surface area contributed by atoms with Crippen LogP contribution < -0.4 is 10.5 Å². The monoisotopic (exact) mass is 332 g/mol. The summed E-state index contributed by atoms with van der Waals surface area (Å²) in [7, 11) is 1.73. The second kappa shape index (κ2) is 10.3. The SMILES string of the molecule is COc1ccccc1CC1CCN(C(=O)CCCCCCN)CC1. The van der Waals surface area contributed by atoms with Gasteiger partial charge in [0, 0.05) is 19.5 Å². The van der Waals surface area contributed by atoms with Crippen molar-refractivity contribution in [3.05, 3.63) is 29.8 Å². The minimum absolute atomic E-state index is 0.332. The number of para-hydroxylation sites is 1. The van der Waals surface area contributed by atoms with Crippen molar-refractivity contribution in [2.24, 2.45) is 11.7 Å². The summed E-state index contributed by atoms with van der Waals surface area (Å²) in [5.41, 5.74) is 6.77. The molecule has 2 rings (SSSR count).